The van der Waals surface area contributed by atoms with Gasteiger partial charge in [-0.2, -0.15) is 0 Å². The quantitative estimate of drug-likeness (QED) is 0.132. The van der Waals surface area contributed by atoms with Gasteiger partial charge in [0.2, 0.25) is 0 Å². The number of benzene rings is 4. The zero-order valence-electron chi connectivity index (χ0n) is 24.7. The molecule has 0 atom stereocenters. The molecule has 4 bridgehead atoms. The molecule has 4 fully saturated rings. The van der Waals surface area contributed by atoms with Crippen LogP contribution in [0.5, 0.6) is 0 Å². The Bertz CT molecular complexity index is 1900. The van der Waals surface area contributed by atoms with Crippen molar-refractivity contribution < 1.29 is 14.5 Å². The molecule has 9 rings (SSSR count). The van der Waals surface area contributed by atoms with Crippen LogP contribution in [0.25, 0.3) is 10.8 Å². The second-order valence-electron chi connectivity index (χ2n) is 13.5. The summed E-state index contributed by atoms with van der Waals surface area (Å²) in [7, 11) is 0. The lowest BCUT2D eigenvalue weighted by Crippen LogP contribution is -2.48. The first-order chi connectivity index (χ1) is 21.1. The molecule has 1 heterocycles. The molecule has 0 saturated heterocycles. The number of carbonyl (C=O) groups is 2. The summed E-state index contributed by atoms with van der Waals surface area (Å²) in [5.41, 5.74) is 5.28. The van der Waals surface area contributed by atoms with Crippen LogP contribution in [0.1, 0.15) is 75.9 Å². The summed E-state index contributed by atoms with van der Waals surface area (Å²) in [4.78, 5) is 41.2. The molecule has 2 amide bonds. The third-order valence-corrected chi connectivity index (χ3v) is 11.5. The van der Waals surface area contributed by atoms with Gasteiger partial charge in [0.05, 0.1) is 21.9 Å². The van der Waals surface area contributed by atoms with Gasteiger partial charge in [-0.1, -0.05) is 24.3 Å². The molecule has 1 N–H and O–H groups in total. The molecule has 0 unspecified atom stereocenters. The van der Waals surface area contributed by atoms with Crippen LogP contribution in [0.4, 0.5) is 22.7 Å². The molecular formula is C36H32BrN3O4. The first-order valence-electron chi connectivity index (χ1n) is 15.4. The van der Waals surface area contributed by atoms with E-state index in [0.29, 0.717) is 27.7 Å². The monoisotopic (exact) mass is 649 g/mol. The maximum Gasteiger partial charge on any atom is 0.294 e. The summed E-state index contributed by atoms with van der Waals surface area (Å²) in [5, 5.41) is 16.5. The van der Waals surface area contributed by atoms with Crippen molar-refractivity contribution in [1.29, 1.82) is 0 Å². The minimum atomic E-state index is -0.553. The number of nitro benzene ring substituents is 1. The fourth-order valence-electron chi connectivity index (χ4n) is 9.10. The average molecular weight is 651 g/mol. The molecule has 222 valence electrons. The van der Waals surface area contributed by atoms with Gasteiger partial charge in [-0.3, -0.25) is 19.7 Å². The van der Waals surface area contributed by atoms with Crippen molar-refractivity contribution in [1.82, 2.24) is 0 Å². The van der Waals surface area contributed by atoms with Crippen molar-refractivity contribution in [2.45, 2.75) is 57.8 Å². The highest BCUT2D eigenvalue weighted by atomic mass is 79.9. The molecule has 44 heavy (non-hydrogen) atoms. The molecule has 7 nitrogen and oxygen atoms in total. The summed E-state index contributed by atoms with van der Waals surface area (Å²) in [6.45, 7) is 3.97. The van der Waals surface area contributed by atoms with E-state index in [1.54, 1.807) is 18.2 Å². The number of amides is 2. The highest BCUT2D eigenvalue weighted by molar-refractivity contribution is 9.10. The number of nitrogens with one attached hydrogen (secondary N) is 1. The first-order valence-corrected chi connectivity index (χ1v) is 16.2. The molecule has 4 aromatic rings. The van der Waals surface area contributed by atoms with Gasteiger partial charge < -0.3 is 5.32 Å². The Hall–Kier alpha value is -4.04. The topological polar surface area (TPSA) is 92.6 Å². The minimum absolute atomic E-state index is 0.150. The molecule has 8 heteroatoms. The highest BCUT2D eigenvalue weighted by Crippen LogP contribution is 2.60. The van der Waals surface area contributed by atoms with Crippen molar-refractivity contribution in [2.24, 2.45) is 17.8 Å². The molecule has 4 saturated carbocycles. The number of rotatable bonds is 5. The SMILES string of the molecule is Cc1cc(Br)c(Nc2c([N+](=O)[O-])cc3c4c(cccc24)C(=O)N(c2ccc(C45CC6CC(CC(C6)C4)C5)cc2)C3=O)cc1C. The second-order valence-corrected chi connectivity index (χ2v) is 14.4. The van der Waals surface area contributed by atoms with Crippen LogP contribution in [0.3, 0.4) is 0 Å². The normalized spacial score (nSPS) is 25.2. The predicted molar refractivity (Wildman–Crippen MR) is 175 cm³/mol. The fraction of sp³-hybridized carbons (Fsp3) is 0.333. The zero-order valence-corrected chi connectivity index (χ0v) is 26.2. The van der Waals surface area contributed by atoms with Crippen LogP contribution in [0.15, 0.2) is 65.1 Å². The maximum atomic E-state index is 14.1. The number of halogens is 1. The van der Waals surface area contributed by atoms with Gasteiger partial charge >= 0.3 is 0 Å². The molecule has 4 aromatic carbocycles. The van der Waals surface area contributed by atoms with Gasteiger partial charge in [0, 0.05) is 26.9 Å². The van der Waals surface area contributed by atoms with Crippen molar-refractivity contribution >= 4 is 61.3 Å². The van der Waals surface area contributed by atoms with E-state index >= 15 is 0 Å². The standard InChI is InChI=1S/C36H32BrN3O4/c1-19-10-29(37)30(11-20(19)2)38-33-26-4-3-5-27-32(26)28(15-31(33)40(43)44)35(42)39(34(27)41)25-8-6-24(7-9-25)36-16-21-12-22(17-36)14-23(13-21)18-36/h3-11,15,21-23,38H,12-14,16-18H2,1-2H3. The van der Waals surface area contributed by atoms with Gasteiger partial charge in [0.15, 0.2) is 0 Å². The molecule has 0 spiro atoms. The third-order valence-electron chi connectivity index (χ3n) is 10.8. The maximum absolute atomic E-state index is 14.1. The first kappa shape index (κ1) is 27.5. The third kappa shape index (κ3) is 4.06. The lowest BCUT2D eigenvalue weighted by atomic mass is 9.48. The second kappa shape index (κ2) is 9.73. The van der Waals surface area contributed by atoms with Crippen molar-refractivity contribution in [3.8, 4) is 0 Å². The van der Waals surface area contributed by atoms with E-state index in [2.05, 4.69) is 33.4 Å². The number of hydrogen-bond donors (Lipinski definition) is 1. The lowest BCUT2D eigenvalue weighted by Gasteiger charge is -2.57. The van der Waals surface area contributed by atoms with E-state index in [1.165, 1.54) is 55.1 Å². The van der Waals surface area contributed by atoms with E-state index in [9.17, 15) is 19.7 Å². The minimum Gasteiger partial charge on any atom is -0.348 e. The van der Waals surface area contributed by atoms with E-state index in [1.807, 2.05) is 38.1 Å². The molecule has 4 aliphatic carbocycles. The van der Waals surface area contributed by atoms with E-state index in [4.69, 9.17) is 0 Å². The van der Waals surface area contributed by atoms with Crippen molar-refractivity contribution in [3.05, 3.63) is 103 Å². The Labute approximate surface area is 263 Å². The van der Waals surface area contributed by atoms with Crippen molar-refractivity contribution in [3.63, 3.8) is 0 Å². The molecule has 5 aliphatic rings. The summed E-state index contributed by atoms with van der Waals surface area (Å²) in [6, 6.07) is 18.3. The Morgan fingerprint density at radius 2 is 1.48 bits per heavy atom. The van der Waals surface area contributed by atoms with Crippen LogP contribution in [0.2, 0.25) is 0 Å². The Balaban J connectivity index is 1.20. The number of aryl methyl sites for hydroxylation is 2. The number of imide groups is 1. The number of nitro groups is 1. The van der Waals surface area contributed by atoms with Crippen LogP contribution >= 0.6 is 15.9 Å². The number of carbonyl (C=O) groups excluding carboxylic acids is 2. The number of nitrogens with zero attached hydrogens (tertiary/aromatic N) is 2. The van der Waals surface area contributed by atoms with Crippen LogP contribution in [-0.4, -0.2) is 16.7 Å². The summed E-state index contributed by atoms with van der Waals surface area (Å²) in [5.74, 6) is 1.46. The van der Waals surface area contributed by atoms with E-state index < -0.39 is 16.7 Å². The van der Waals surface area contributed by atoms with Crippen molar-refractivity contribution in [2.75, 3.05) is 10.2 Å². The Kier molecular flexibility index (Phi) is 6.08. The van der Waals surface area contributed by atoms with Gasteiger partial charge in [-0.25, -0.2) is 4.90 Å². The van der Waals surface area contributed by atoms with Gasteiger partial charge in [0.1, 0.15) is 5.69 Å². The Morgan fingerprint density at radius 1 is 0.864 bits per heavy atom. The summed E-state index contributed by atoms with van der Waals surface area (Å²) in [6.07, 6.45) is 7.79. The van der Waals surface area contributed by atoms with Crippen LogP contribution in [-0.2, 0) is 5.41 Å². The molecule has 0 aromatic heterocycles. The van der Waals surface area contributed by atoms with Crippen LogP contribution < -0.4 is 10.2 Å². The zero-order chi connectivity index (χ0) is 30.5. The predicted octanol–water partition coefficient (Wildman–Crippen LogP) is 9.14. The summed E-state index contributed by atoms with van der Waals surface area (Å²) < 4.78 is 0.755. The van der Waals surface area contributed by atoms with E-state index in [0.717, 1.165) is 33.4 Å². The highest BCUT2D eigenvalue weighted by Gasteiger charge is 2.51. The molecule has 0 radical (unpaired) electrons. The smallest absolute Gasteiger partial charge is 0.294 e. The largest absolute Gasteiger partial charge is 0.348 e. The molecule has 1 aliphatic heterocycles. The number of hydrogen-bond acceptors (Lipinski definition) is 5. The Morgan fingerprint density at radius 3 is 2.11 bits per heavy atom. The lowest BCUT2D eigenvalue weighted by molar-refractivity contribution is -0.383. The van der Waals surface area contributed by atoms with Gasteiger partial charge in [-0.05, 0) is 138 Å². The van der Waals surface area contributed by atoms with E-state index in [-0.39, 0.29) is 22.4 Å². The molecular weight excluding hydrogens is 618 g/mol. The number of anilines is 3. The van der Waals surface area contributed by atoms with Crippen LogP contribution in [0, 0.1) is 41.7 Å². The average Bonchev–Trinajstić information content (AvgIpc) is 2.98. The summed E-state index contributed by atoms with van der Waals surface area (Å²) >= 11 is 3.57. The van der Waals surface area contributed by atoms with Gasteiger partial charge in [-0.15, -0.1) is 0 Å². The van der Waals surface area contributed by atoms with Gasteiger partial charge in [0.25, 0.3) is 17.5 Å². The fourth-order valence-corrected chi connectivity index (χ4v) is 9.66.